The first kappa shape index (κ1) is 16.3. The van der Waals surface area contributed by atoms with E-state index in [0.717, 1.165) is 18.3 Å². The topological polar surface area (TPSA) is 67.0 Å². The number of rotatable bonds is 2. The van der Waals surface area contributed by atoms with E-state index < -0.39 is 47.9 Å². The maximum absolute atomic E-state index is 14.0. The Bertz CT molecular complexity index is 1140. The second-order valence-electron chi connectivity index (χ2n) is 5.18. The molecule has 0 saturated carbocycles. The Kier molecular flexibility index (Phi) is 3.71. The third-order valence-corrected chi connectivity index (χ3v) is 5.41. The molecule has 0 amide bonds. The average molecular weight is 353 g/mol. The fourth-order valence-corrected chi connectivity index (χ4v) is 3.71. The highest BCUT2D eigenvalue weighted by Crippen LogP contribution is 2.23. The zero-order valence-corrected chi connectivity index (χ0v) is 13.0. The summed E-state index contributed by atoms with van der Waals surface area (Å²) in [6.07, 6.45) is 0.924. The summed E-state index contributed by atoms with van der Waals surface area (Å²) in [5.74, 6) is -3.46. The first-order valence-electron chi connectivity index (χ1n) is 6.74. The number of H-pyrrole nitrogens is 1. The summed E-state index contributed by atoms with van der Waals surface area (Å²) in [6, 6.07) is 4.45. The van der Waals surface area contributed by atoms with Gasteiger partial charge in [0.1, 0.15) is 10.7 Å². The summed E-state index contributed by atoms with van der Waals surface area (Å²) >= 11 is 0. The van der Waals surface area contributed by atoms with Gasteiger partial charge in [-0.15, -0.1) is 0 Å². The highest BCUT2D eigenvalue weighted by Gasteiger charge is 2.25. The van der Waals surface area contributed by atoms with E-state index in [-0.39, 0.29) is 5.52 Å². The van der Waals surface area contributed by atoms with E-state index >= 15 is 0 Å². The van der Waals surface area contributed by atoms with Gasteiger partial charge in [0.15, 0.2) is 11.6 Å². The lowest BCUT2D eigenvalue weighted by Gasteiger charge is -2.08. The minimum Gasteiger partial charge on any atom is -0.359 e. The lowest BCUT2D eigenvalue weighted by Crippen LogP contribution is -2.17. The Labute approximate surface area is 134 Å². The van der Waals surface area contributed by atoms with Gasteiger partial charge in [-0.3, -0.25) is 4.79 Å². The van der Waals surface area contributed by atoms with Crippen molar-refractivity contribution in [3.8, 4) is 0 Å². The van der Waals surface area contributed by atoms with Gasteiger partial charge in [-0.2, -0.15) is 0 Å². The number of halogens is 3. The molecule has 1 aromatic heterocycles. The third kappa shape index (κ3) is 2.39. The molecule has 2 aromatic carbocycles. The van der Waals surface area contributed by atoms with Gasteiger partial charge in [0.05, 0.1) is 15.8 Å². The van der Waals surface area contributed by atoms with Crippen LogP contribution in [0.4, 0.5) is 13.2 Å². The molecule has 24 heavy (non-hydrogen) atoms. The Morgan fingerprint density at radius 2 is 1.62 bits per heavy atom. The second-order valence-corrected chi connectivity index (χ2v) is 7.09. The summed E-state index contributed by atoms with van der Waals surface area (Å²) in [5.41, 5.74) is -0.320. The van der Waals surface area contributed by atoms with Crippen molar-refractivity contribution in [1.29, 1.82) is 0 Å². The van der Waals surface area contributed by atoms with E-state index in [1.54, 1.807) is 6.92 Å². The van der Waals surface area contributed by atoms with Gasteiger partial charge >= 0.3 is 0 Å². The first-order chi connectivity index (χ1) is 11.2. The number of sulfone groups is 1. The molecule has 0 bridgehead atoms. The zero-order chi connectivity index (χ0) is 17.6. The van der Waals surface area contributed by atoms with E-state index in [4.69, 9.17) is 0 Å². The standard InChI is InChI=1S/C16H10F3NO3S/c1-8-2-4-11(18)14-15(8)20-7-13(16(14)21)24(22,23)9-3-5-10(17)12(19)6-9/h2-7H,1H3,(H,20,21). The summed E-state index contributed by atoms with van der Waals surface area (Å²) in [6.45, 7) is 1.63. The molecule has 0 aliphatic heterocycles. The number of aromatic nitrogens is 1. The van der Waals surface area contributed by atoms with E-state index in [9.17, 15) is 26.4 Å². The summed E-state index contributed by atoms with van der Waals surface area (Å²) in [7, 11) is -4.45. The number of hydrogen-bond donors (Lipinski definition) is 1. The largest absolute Gasteiger partial charge is 0.359 e. The molecule has 1 N–H and O–H groups in total. The molecule has 3 aromatic rings. The maximum atomic E-state index is 14.0. The van der Waals surface area contributed by atoms with Crippen LogP contribution in [0.15, 0.2) is 51.1 Å². The number of aromatic amines is 1. The number of nitrogens with one attached hydrogen (secondary N) is 1. The summed E-state index contributed by atoms with van der Waals surface area (Å²) in [5, 5.41) is -0.404. The average Bonchev–Trinajstić information content (AvgIpc) is 2.53. The second kappa shape index (κ2) is 5.48. The van der Waals surface area contributed by atoms with Crippen molar-refractivity contribution in [2.45, 2.75) is 16.7 Å². The van der Waals surface area contributed by atoms with Crippen molar-refractivity contribution >= 4 is 20.7 Å². The molecule has 0 spiro atoms. The fraction of sp³-hybridized carbons (Fsp3) is 0.0625. The van der Waals surface area contributed by atoms with Gasteiger partial charge < -0.3 is 4.98 Å². The van der Waals surface area contributed by atoms with E-state index in [2.05, 4.69) is 4.98 Å². The molecule has 4 nitrogen and oxygen atoms in total. The number of pyridine rings is 1. The monoisotopic (exact) mass is 353 g/mol. The predicted molar refractivity (Wildman–Crippen MR) is 81.1 cm³/mol. The van der Waals surface area contributed by atoms with Crippen molar-refractivity contribution in [3.63, 3.8) is 0 Å². The smallest absolute Gasteiger partial charge is 0.212 e. The molecule has 8 heteroatoms. The van der Waals surface area contributed by atoms with E-state index in [1.807, 2.05) is 0 Å². The fourth-order valence-electron chi connectivity index (χ4n) is 2.39. The molecule has 0 aliphatic carbocycles. The minimum absolute atomic E-state index is 0.171. The predicted octanol–water partition coefficient (Wildman–Crippen LogP) is 3.09. The van der Waals surface area contributed by atoms with Crippen molar-refractivity contribution in [1.82, 2.24) is 4.98 Å². The van der Waals surface area contributed by atoms with Crippen LogP contribution in [0.3, 0.4) is 0 Å². The molecule has 0 saturated heterocycles. The summed E-state index contributed by atoms with van der Waals surface area (Å²) in [4.78, 5) is 13.7. The van der Waals surface area contributed by atoms with Crippen LogP contribution in [0, 0.1) is 24.4 Å². The zero-order valence-electron chi connectivity index (χ0n) is 12.2. The molecule has 1 heterocycles. The van der Waals surface area contributed by atoms with Crippen LogP contribution >= 0.6 is 0 Å². The number of fused-ring (bicyclic) bond motifs is 1. The number of benzene rings is 2. The Morgan fingerprint density at radius 3 is 2.29 bits per heavy atom. The molecule has 0 fully saturated rings. The van der Waals surface area contributed by atoms with Crippen LogP contribution in [0.25, 0.3) is 10.9 Å². The Balaban J connectivity index is 2.33. The highest BCUT2D eigenvalue weighted by molar-refractivity contribution is 7.91. The van der Waals surface area contributed by atoms with E-state index in [0.29, 0.717) is 17.7 Å². The van der Waals surface area contributed by atoms with Crippen molar-refractivity contribution in [2.75, 3.05) is 0 Å². The molecule has 0 atom stereocenters. The van der Waals surface area contributed by atoms with Gasteiger partial charge in [0, 0.05) is 6.20 Å². The lowest BCUT2D eigenvalue weighted by atomic mass is 10.1. The molecular formula is C16H10F3NO3S. The number of hydrogen-bond acceptors (Lipinski definition) is 3. The minimum atomic E-state index is -4.45. The molecular weight excluding hydrogens is 343 g/mol. The van der Waals surface area contributed by atoms with Gasteiger partial charge in [-0.05, 0) is 36.8 Å². The molecule has 0 unspecified atom stereocenters. The quantitative estimate of drug-likeness (QED) is 0.720. The van der Waals surface area contributed by atoms with E-state index in [1.165, 1.54) is 6.07 Å². The van der Waals surface area contributed by atoms with Crippen LogP contribution in [-0.2, 0) is 9.84 Å². The van der Waals surface area contributed by atoms with Gasteiger partial charge in [0.25, 0.3) is 0 Å². The van der Waals surface area contributed by atoms with Crippen LogP contribution in [0.5, 0.6) is 0 Å². The third-order valence-electron chi connectivity index (χ3n) is 3.65. The Hall–Kier alpha value is -2.61. The van der Waals surface area contributed by atoms with Crippen LogP contribution < -0.4 is 5.43 Å². The lowest BCUT2D eigenvalue weighted by molar-refractivity contribution is 0.504. The normalized spacial score (nSPS) is 11.8. The molecule has 0 aliphatic rings. The van der Waals surface area contributed by atoms with Gasteiger partial charge in [-0.1, -0.05) is 6.07 Å². The first-order valence-corrected chi connectivity index (χ1v) is 8.22. The molecule has 3 rings (SSSR count). The summed E-state index contributed by atoms with van der Waals surface area (Å²) < 4.78 is 65.3. The Morgan fingerprint density at radius 1 is 0.958 bits per heavy atom. The SMILES string of the molecule is Cc1ccc(F)c2c(=O)c(S(=O)(=O)c3ccc(F)c(F)c3)c[nH]c12. The number of aryl methyl sites for hydroxylation is 1. The van der Waals surface area contributed by atoms with Crippen LogP contribution in [-0.4, -0.2) is 13.4 Å². The van der Waals surface area contributed by atoms with Crippen molar-refractivity contribution in [2.24, 2.45) is 0 Å². The molecule has 0 radical (unpaired) electrons. The van der Waals surface area contributed by atoms with Crippen LogP contribution in [0.2, 0.25) is 0 Å². The van der Waals surface area contributed by atoms with Crippen molar-refractivity contribution in [3.05, 3.63) is 69.8 Å². The van der Waals surface area contributed by atoms with Crippen LogP contribution in [0.1, 0.15) is 5.56 Å². The highest BCUT2D eigenvalue weighted by atomic mass is 32.2. The van der Waals surface area contributed by atoms with Crippen molar-refractivity contribution < 1.29 is 21.6 Å². The maximum Gasteiger partial charge on any atom is 0.212 e. The van der Waals surface area contributed by atoms with Gasteiger partial charge in [0.2, 0.25) is 15.3 Å². The molecule has 124 valence electrons. The van der Waals surface area contributed by atoms with Gasteiger partial charge in [-0.25, -0.2) is 21.6 Å².